The minimum atomic E-state index is 0.490. The highest BCUT2D eigenvalue weighted by atomic mass is 32.2. The number of nitrogens with zero attached hydrogens (tertiary/aromatic N) is 3. The molecule has 0 bridgehead atoms. The fourth-order valence-electron chi connectivity index (χ4n) is 1.19. The number of aromatic nitrogens is 2. The van der Waals surface area contributed by atoms with Crippen LogP contribution in [0.15, 0.2) is 17.4 Å². The van der Waals surface area contributed by atoms with Gasteiger partial charge in [-0.2, -0.15) is 0 Å². The lowest BCUT2D eigenvalue weighted by Gasteiger charge is -2.00. The van der Waals surface area contributed by atoms with Gasteiger partial charge in [-0.15, -0.1) is 0 Å². The molecule has 2 heterocycles. The molecule has 3 nitrogen and oxygen atoms in total. The topological polar surface area (TPSA) is 30.2 Å². The van der Waals surface area contributed by atoms with E-state index in [1.807, 2.05) is 31.2 Å². The second kappa shape index (κ2) is 4.40. The Bertz CT molecular complexity index is 346. The highest BCUT2D eigenvalue weighted by Gasteiger charge is 2.14. The Morgan fingerprint density at radius 2 is 2.57 bits per heavy atom. The van der Waals surface area contributed by atoms with E-state index >= 15 is 0 Å². The summed E-state index contributed by atoms with van der Waals surface area (Å²) in [7, 11) is 2.02. The Morgan fingerprint density at radius 1 is 1.71 bits per heavy atom. The highest BCUT2D eigenvalue weighted by molar-refractivity contribution is 8.38. The SMILES string of the molecule is C[C@@H]1CSC(SCc2nccn2C)=N1. The fraction of sp³-hybridized carbons (Fsp3) is 0.556. The fourth-order valence-corrected chi connectivity index (χ4v) is 3.40. The molecular weight excluding hydrogens is 214 g/mol. The molecule has 0 saturated heterocycles. The van der Waals surface area contributed by atoms with Crippen molar-refractivity contribution >= 4 is 27.9 Å². The largest absolute Gasteiger partial charge is 0.337 e. The smallest absolute Gasteiger partial charge is 0.125 e. The summed E-state index contributed by atoms with van der Waals surface area (Å²) in [5.41, 5.74) is 0. The van der Waals surface area contributed by atoms with Crippen LogP contribution in [-0.4, -0.2) is 25.7 Å². The molecule has 14 heavy (non-hydrogen) atoms. The van der Waals surface area contributed by atoms with Crippen molar-refractivity contribution in [2.24, 2.45) is 12.0 Å². The number of hydrogen-bond donors (Lipinski definition) is 0. The third-order valence-corrected chi connectivity index (χ3v) is 4.48. The average Bonchev–Trinajstić information content (AvgIpc) is 2.72. The summed E-state index contributed by atoms with van der Waals surface area (Å²) < 4.78 is 3.26. The van der Waals surface area contributed by atoms with E-state index in [2.05, 4.69) is 21.5 Å². The van der Waals surface area contributed by atoms with Crippen molar-refractivity contribution in [1.29, 1.82) is 0 Å². The van der Waals surface area contributed by atoms with Crippen molar-refractivity contribution in [3.63, 3.8) is 0 Å². The predicted octanol–water partition coefficient (Wildman–Crippen LogP) is 2.14. The third kappa shape index (κ3) is 2.33. The van der Waals surface area contributed by atoms with E-state index in [4.69, 9.17) is 0 Å². The number of aryl methyl sites for hydroxylation is 1. The lowest BCUT2D eigenvalue weighted by molar-refractivity contribution is 0.850. The first-order valence-electron chi connectivity index (χ1n) is 4.55. The minimum absolute atomic E-state index is 0.490. The standard InChI is InChI=1S/C9H13N3S2/c1-7-5-13-9(11-7)14-6-8-10-3-4-12(8)2/h3-4,7H,5-6H2,1-2H3/t7-/m1/s1. The lowest BCUT2D eigenvalue weighted by Crippen LogP contribution is -1.95. The van der Waals surface area contributed by atoms with E-state index < -0.39 is 0 Å². The molecule has 0 N–H and O–H groups in total. The summed E-state index contributed by atoms with van der Waals surface area (Å²) in [6, 6.07) is 0.490. The monoisotopic (exact) mass is 227 g/mol. The first-order valence-corrected chi connectivity index (χ1v) is 6.52. The molecule has 5 heteroatoms. The van der Waals surface area contributed by atoms with Crippen LogP contribution >= 0.6 is 23.5 Å². The van der Waals surface area contributed by atoms with Crippen LogP contribution in [0.1, 0.15) is 12.7 Å². The van der Waals surface area contributed by atoms with Crippen LogP contribution in [0.25, 0.3) is 0 Å². The lowest BCUT2D eigenvalue weighted by atomic mass is 10.4. The normalized spacial score (nSPS) is 21.3. The van der Waals surface area contributed by atoms with Gasteiger partial charge in [0.05, 0.1) is 11.8 Å². The molecule has 1 aliphatic rings. The van der Waals surface area contributed by atoms with Crippen molar-refractivity contribution in [1.82, 2.24) is 9.55 Å². The Hall–Kier alpha value is -0.420. The van der Waals surface area contributed by atoms with Gasteiger partial charge in [0.15, 0.2) is 0 Å². The van der Waals surface area contributed by atoms with E-state index in [-0.39, 0.29) is 0 Å². The molecule has 76 valence electrons. The van der Waals surface area contributed by atoms with Gasteiger partial charge in [-0.25, -0.2) is 4.98 Å². The molecule has 0 saturated carbocycles. The summed E-state index contributed by atoms with van der Waals surface area (Å²) in [5.74, 6) is 3.16. The van der Waals surface area contributed by atoms with Gasteiger partial charge in [-0.1, -0.05) is 23.5 Å². The first-order chi connectivity index (χ1) is 6.75. The second-order valence-electron chi connectivity index (χ2n) is 3.30. The van der Waals surface area contributed by atoms with Crippen molar-refractivity contribution in [2.75, 3.05) is 5.75 Å². The molecule has 0 radical (unpaired) electrons. The van der Waals surface area contributed by atoms with E-state index in [1.165, 1.54) is 4.38 Å². The zero-order valence-electron chi connectivity index (χ0n) is 8.30. The maximum absolute atomic E-state index is 4.52. The van der Waals surface area contributed by atoms with Gasteiger partial charge in [0.25, 0.3) is 0 Å². The Morgan fingerprint density at radius 3 is 3.14 bits per heavy atom. The maximum atomic E-state index is 4.52. The quantitative estimate of drug-likeness (QED) is 0.775. The molecule has 0 spiro atoms. The predicted molar refractivity (Wildman–Crippen MR) is 63.9 cm³/mol. The molecule has 0 aliphatic carbocycles. The highest BCUT2D eigenvalue weighted by Crippen LogP contribution is 2.27. The van der Waals surface area contributed by atoms with Crippen LogP contribution in [0.5, 0.6) is 0 Å². The number of thioether (sulfide) groups is 2. The van der Waals surface area contributed by atoms with E-state index in [1.54, 1.807) is 11.8 Å². The summed E-state index contributed by atoms with van der Waals surface area (Å²) >= 11 is 3.64. The number of imidazole rings is 1. The van der Waals surface area contributed by atoms with E-state index in [0.29, 0.717) is 6.04 Å². The van der Waals surface area contributed by atoms with Crippen LogP contribution in [0, 0.1) is 0 Å². The maximum Gasteiger partial charge on any atom is 0.125 e. The molecule has 1 aromatic rings. The van der Waals surface area contributed by atoms with Crippen LogP contribution in [-0.2, 0) is 12.8 Å². The average molecular weight is 227 g/mol. The summed E-state index contributed by atoms with van der Waals surface area (Å²) in [6.07, 6.45) is 3.81. The molecule has 0 aromatic carbocycles. The van der Waals surface area contributed by atoms with Crippen molar-refractivity contribution in [2.45, 2.75) is 18.7 Å². The van der Waals surface area contributed by atoms with Crippen LogP contribution in [0.3, 0.4) is 0 Å². The molecule has 0 amide bonds. The van der Waals surface area contributed by atoms with Gasteiger partial charge in [0.1, 0.15) is 10.2 Å². The Balaban J connectivity index is 1.89. The third-order valence-electron chi connectivity index (χ3n) is 2.02. The van der Waals surface area contributed by atoms with Gasteiger partial charge in [-0.05, 0) is 6.92 Å². The number of rotatable bonds is 2. The summed E-state index contributed by atoms with van der Waals surface area (Å²) in [4.78, 5) is 8.80. The molecule has 1 atom stereocenters. The zero-order chi connectivity index (χ0) is 9.97. The van der Waals surface area contributed by atoms with Gasteiger partial charge < -0.3 is 4.57 Å². The summed E-state index contributed by atoms with van der Waals surface area (Å²) in [5, 5.41) is 0. The van der Waals surface area contributed by atoms with Crippen LogP contribution < -0.4 is 0 Å². The van der Waals surface area contributed by atoms with Crippen molar-refractivity contribution < 1.29 is 0 Å². The number of aliphatic imine (C=N–C) groups is 1. The van der Waals surface area contributed by atoms with Gasteiger partial charge in [-0.3, -0.25) is 4.99 Å². The molecule has 2 rings (SSSR count). The molecule has 0 unspecified atom stereocenters. The van der Waals surface area contributed by atoms with Crippen LogP contribution in [0.2, 0.25) is 0 Å². The molecular formula is C9H13N3S2. The molecule has 1 aromatic heterocycles. The van der Waals surface area contributed by atoms with Gasteiger partial charge in [0, 0.05) is 25.2 Å². The van der Waals surface area contributed by atoms with Gasteiger partial charge >= 0.3 is 0 Å². The van der Waals surface area contributed by atoms with Crippen molar-refractivity contribution in [3.05, 3.63) is 18.2 Å². The molecule has 0 fully saturated rings. The Kier molecular flexibility index (Phi) is 3.18. The van der Waals surface area contributed by atoms with Gasteiger partial charge in [0.2, 0.25) is 0 Å². The second-order valence-corrected chi connectivity index (χ2v) is 5.53. The van der Waals surface area contributed by atoms with E-state index in [0.717, 1.165) is 17.3 Å². The first kappa shape index (κ1) is 10.1. The zero-order valence-corrected chi connectivity index (χ0v) is 9.94. The number of hydrogen-bond acceptors (Lipinski definition) is 4. The summed E-state index contributed by atoms with van der Waals surface area (Å²) in [6.45, 7) is 2.15. The van der Waals surface area contributed by atoms with Crippen molar-refractivity contribution in [3.8, 4) is 0 Å². The molecule has 1 aliphatic heterocycles. The van der Waals surface area contributed by atoms with E-state index in [9.17, 15) is 0 Å². The van der Waals surface area contributed by atoms with Crippen LogP contribution in [0.4, 0.5) is 0 Å². The Labute approximate surface area is 92.4 Å². The minimum Gasteiger partial charge on any atom is -0.337 e.